The number of nitrogens with zero attached hydrogens (tertiary/aromatic N) is 1. The van der Waals surface area contributed by atoms with Crippen LogP contribution in [0.25, 0.3) is 0 Å². The van der Waals surface area contributed by atoms with Gasteiger partial charge >= 0.3 is 0 Å². The van der Waals surface area contributed by atoms with Crippen molar-refractivity contribution in [2.45, 2.75) is 12.5 Å². The van der Waals surface area contributed by atoms with E-state index in [1.165, 1.54) is 6.07 Å². The van der Waals surface area contributed by atoms with E-state index >= 15 is 0 Å². The second-order valence-electron chi connectivity index (χ2n) is 5.41. The molecule has 0 aromatic heterocycles. The van der Waals surface area contributed by atoms with Crippen molar-refractivity contribution >= 4 is 17.3 Å². The number of rotatable bonds is 5. The first-order chi connectivity index (χ1) is 12.1. The van der Waals surface area contributed by atoms with Crippen LogP contribution in [0.3, 0.4) is 0 Å². The standard InChI is InChI=1S/C18H18N2O5/c1-23-11-7-8-16(24-2)12(9-11)14-10-17(25-20-14)18(22)19-13-5-3-4-6-15(13)21/h3-9,17,21H,10H2,1-2H3,(H,19,22)/t17-/m0/s1. The Morgan fingerprint density at radius 3 is 2.76 bits per heavy atom. The van der Waals surface area contributed by atoms with Crippen molar-refractivity contribution in [1.82, 2.24) is 0 Å². The van der Waals surface area contributed by atoms with Crippen molar-refractivity contribution in [3.05, 3.63) is 48.0 Å². The molecule has 7 nitrogen and oxygen atoms in total. The van der Waals surface area contributed by atoms with E-state index in [1.54, 1.807) is 50.6 Å². The predicted octanol–water partition coefficient (Wildman–Crippen LogP) is 2.54. The topological polar surface area (TPSA) is 89.4 Å². The Balaban J connectivity index is 1.73. The van der Waals surface area contributed by atoms with Gasteiger partial charge in [0.1, 0.15) is 17.2 Å². The number of hydrogen-bond donors (Lipinski definition) is 2. The summed E-state index contributed by atoms with van der Waals surface area (Å²) in [5.41, 5.74) is 1.62. The molecule has 1 aliphatic heterocycles. The van der Waals surface area contributed by atoms with E-state index in [0.29, 0.717) is 28.5 Å². The Bertz CT molecular complexity index is 819. The smallest absolute Gasteiger partial charge is 0.268 e. The van der Waals surface area contributed by atoms with Gasteiger partial charge in [-0.25, -0.2) is 0 Å². The molecule has 25 heavy (non-hydrogen) atoms. The van der Waals surface area contributed by atoms with Crippen molar-refractivity contribution in [3.8, 4) is 17.2 Å². The number of oxime groups is 1. The lowest BCUT2D eigenvalue weighted by Crippen LogP contribution is -2.28. The van der Waals surface area contributed by atoms with Gasteiger partial charge < -0.3 is 24.7 Å². The summed E-state index contributed by atoms with van der Waals surface area (Å²) >= 11 is 0. The largest absolute Gasteiger partial charge is 0.506 e. The van der Waals surface area contributed by atoms with E-state index in [9.17, 15) is 9.90 Å². The molecule has 0 bridgehead atoms. The monoisotopic (exact) mass is 342 g/mol. The highest BCUT2D eigenvalue weighted by Gasteiger charge is 2.30. The fourth-order valence-corrected chi connectivity index (χ4v) is 2.51. The quantitative estimate of drug-likeness (QED) is 0.815. The van der Waals surface area contributed by atoms with E-state index < -0.39 is 6.10 Å². The van der Waals surface area contributed by atoms with Crippen molar-refractivity contribution < 1.29 is 24.2 Å². The van der Waals surface area contributed by atoms with Crippen LogP contribution in [0, 0.1) is 0 Å². The highest BCUT2D eigenvalue weighted by atomic mass is 16.6. The number of nitrogens with one attached hydrogen (secondary N) is 1. The lowest BCUT2D eigenvalue weighted by molar-refractivity contribution is -0.125. The molecule has 7 heteroatoms. The summed E-state index contributed by atoms with van der Waals surface area (Å²) in [5.74, 6) is 0.872. The minimum Gasteiger partial charge on any atom is -0.506 e. The van der Waals surface area contributed by atoms with E-state index in [4.69, 9.17) is 14.3 Å². The Labute approximate surface area is 144 Å². The predicted molar refractivity (Wildman–Crippen MR) is 92.3 cm³/mol. The van der Waals surface area contributed by atoms with Gasteiger partial charge in [-0.2, -0.15) is 0 Å². The normalized spacial score (nSPS) is 15.9. The summed E-state index contributed by atoms with van der Waals surface area (Å²) in [7, 11) is 3.13. The van der Waals surface area contributed by atoms with Crippen molar-refractivity contribution in [2.75, 3.05) is 19.5 Å². The van der Waals surface area contributed by atoms with Crippen molar-refractivity contribution in [2.24, 2.45) is 5.16 Å². The Morgan fingerprint density at radius 1 is 1.24 bits per heavy atom. The van der Waals surface area contributed by atoms with Crippen LogP contribution < -0.4 is 14.8 Å². The van der Waals surface area contributed by atoms with Gasteiger partial charge in [-0.3, -0.25) is 4.79 Å². The first-order valence-corrected chi connectivity index (χ1v) is 7.66. The maximum absolute atomic E-state index is 12.3. The number of benzene rings is 2. The van der Waals surface area contributed by atoms with Crippen LogP contribution >= 0.6 is 0 Å². The molecule has 0 unspecified atom stereocenters. The van der Waals surface area contributed by atoms with Crippen molar-refractivity contribution in [1.29, 1.82) is 0 Å². The highest BCUT2D eigenvalue weighted by Crippen LogP contribution is 2.29. The molecule has 0 saturated heterocycles. The number of phenols is 1. The zero-order valence-electron chi connectivity index (χ0n) is 13.9. The summed E-state index contributed by atoms with van der Waals surface area (Å²) in [6.45, 7) is 0. The minimum atomic E-state index is -0.787. The first-order valence-electron chi connectivity index (χ1n) is 7.66. The van der Waals surface area contributed by atoms with Gasteiger partial charge in [0.2, 0.25) is 6.10 Å². The number of carbonyl (C=O) groups excluding carboxylic acids is 1. The van der Waals surface area contributed by atoms with E-state index in [1.807, 2.05) is 0 Å². The molecular weight excluding hydrogens is 324 g/mol. The third-order valence-electron chi connectivity index (χ3n) is 3.84. The second-order valence-corrected chi connectivity index (χ2v) is 5.41. The number of phenolic OH excluding ortho intramolecular Hbond substituents is 1. The molecule has 3 rings (SSSR count). The van der Waals surface area contributed by atoms with Gasteiger partial charge in [0, 0.05) is 12.0 Å². The Kier molecular flexibility index (Phi) is 4.74. The summed E-state index contributed by atoms with van der Waals surface area (Å²) in [6.07, 6.45) is -0.506. The fourth-order valence-electron chi connectivity index (χ4n) is 2.51. The number of ether oxygens (including phenoxy) is 2. The van der Waals surface area contributed by atoms with Crippen molar-refractivity contribution in [3.63, 3.8) is 0 Å². The van der Waals surface area contributed by atoms with Crippen LogP contribution in [0.1, 0.15) is 12.0 Å². The van der Waals surface area contributed by atoms with Gasteiger partial charge in [-0.1, -0.05) is 17.3 Å². The summed E-state index contributed by atoms with van der Waals surface area (Å²) in [6, 6.07) is 11.8. The maximum atomic E-state index is 12.3. The van der Waals surface area contributed by atoms with Gasteiger partial charge in [-0.05, 0) is 30.3 Å². The maximum Gasteiger partial charge on any atom is 0.268 e. The minimum absolute atomic E-state index is 0.00977. The lowest BCUT2D eigenvalue weighted by atomic mass is 10.0. The number of carbonyl (C=O) groups is 1. The second kappa shape index (κ2) is 7.12. The molecule has 0 radical (unpaired) electrons. The molecule has 130 valence electrons. The van der Waals surface area contributed by atoms with Crippen LogP contribution in [-0.2, 0) is 9.63 Å². The Hall–Kier alpha value is -3.22. The molecule has 2 aromatic carbocycles. The van der Waals surface area contributed by atoms with E-state index in [2.05, 4.69) is 10.5 Å². The lowest BCUT2D eigenvalue weighted by Gasteiger charge is -2.11. The van der Waals surface area contributed by atoms with Crippen LogP contribution in [0.4, 0.5) is 5.69 Å². The average molecular weight is 342 g/mol. The van der Waals surface area contributed by atoms with E-state index in [-0.39, 0.29) is 18.1 Å². The summed E-state index contributed by atoms with van der Waals surface area (Å²) in [5, 5.41) is 16.4. The first kappa shape index (κ1) is 16.6. The molecule has 0 fully saturated rings. The molecule has 0 spiro atoms. The summed E-state index contributed by atoms with van der Waals surface area (Å²) < 4.78 is 10.6. The number of para-hydroxylation sites is 2. The van der Waals surface area contributed by atoms with Crippen LogP contribution in [-0.4, -0.2) is 37.0 Å². The molecular formula is C18H18N2O5. The van der Waals surface area contributed by atoms with Gasteiger partial charge in [-0.15, -0.1) is 0 Å². The van der Waals surface area contributed by atoms with Crippen LogP contribution in [0.15, 0.2) is 47.6 Å². The van der Waals surface area contributed by atoms with Gasteiger partial charge in [0.25, 0.3) is 5.91 Å². The average Bonchev–Trinajstić information content (AvgIpc) is 3.13. The molecule has 2 N–H and O–H groups in total. The van der Waals surface area contributed by atoms with Gasteiger partial charge in [0.15, 0.2) is 0 Å². The highest BCUT2D eigenvalue weighted by molar-refractivity contribution is 6.08. The molecule has 0 saturated carbocycles. The zero-order chi connectivity index (χ0) is 17.8. The molecule has 1 heterocycles. The molecule has 0 aliphatic carbocycles. The summed E-state index contributed by atoms with van der Waals surface area (Å²) in [4.78, 5) is 17.6. The Morgan fingerprint density at radius 2 is 2.04 bits per heavy atom. The number of anilines is 1. The molecule has 2 aromatic rings. The van der Waals surface area contributed by atoms with Gasteiger partial charge in [0.05, 0.1) is 25.6 Å². The third-order valence-corrected chi connectivity index (χ3v) is 3.84. The number of hydrogen-bond acceptors (Lipinski definition) is 6. The fraction of sp³-hybridized carbons (Fsp3) is 0.222. The third kappa shape index (κ3) is 3.50. The number of aromatic hydroxyl groups is 1. The van der Waals surface area contributed by atoms with E-state index in [0.717, 1.165) is 0 Å². The molecule has 1 aliphatic rings. The number of amides is 1. The molecule has 1 amide bonds. The number of methoxy groups -OCH3 is 2. The van der Waals surface area contributed by atoms with Crippen LogP contribution in [0.5, 0.6) is 17.2 Å². The van der Waals surface area contributed by atoms with Crippen LogP contribution in [0.2, 0.25) is 0 Å². The molecule has 1 atom stereocenters. The zero-order valence-corrected chi connectivity index (χ0v) is 13.9. The SMILES string of the molecule is COc1ccc(OC)c(C2=NO[C@H](C(=O)Nc3ccccc3O)C2)c1.